The number of β-amino-alcohol motifs (C(OH)–C–C–N with tert-alkyl or cyclic N) is 1. The van der Waals surface area contributed by atoms with E-state index in [2.05, 4.69) is 48.8 Å². The van der Waals surface area contributed by atoms with Gasteiger partial charge in [0.05, 0.1) is 0 Å². The molecule has 0 aliphatic carbocycles. The van der Waals surface area contributed by atoms with Crippen LogP contribution < -0.4 is 9.64 Å². The maximum absolute atomic E-state index is 10.4. The summed E-state index contributed by atoms with van der Waals surface area (Å²) in [7, 11) is 0. The standard InChI is InChI=1S/C23H31ClN2O2/c1-17(2)23-8-7-22(13-18(23)3)28-16-21(27)15-25-9-11-26(12-10-25)20-6-4-5-19(24)14-20/h4-8,13-14,17,21,27H,9-12,15-16H2,1-3H3/t21-/m0/s1. The number of halogens is 1. The highest BCUT2D eigenvalue weighted by molar-refractivity contribution is 6.30. The molecule has 1 aliphatic rings. The molecule has 5 heteroatoms. The maximum Gasteiger partial charge on any atom is 0.119 e. The molecule has 0 bridgehead atoms. The molecule has 1 saturated heterocycles. The summed E-state index contributed by atoms with van der Waals surface area (Å²) >= 11 is 6.10. The van der Waals surface area contributed by atoms with Crippen molar-refractivity contribution in [1.29, 1.82) is 0 Å². The molecule has 1 aliphatic heterocycles. The molecule has 3 rings (SSSR count). The summed E-state index contributed by atoms with van der Waals surface area (Å²) in [4.78, 5) is 4.63. The third-order valence-electron chi connectivity index (χ3n) is 5.32. The van der Waals surface area contributed by atoms with Crippen molar-refractivity contribution in [3.8, 4) is 5.75 Å². The van der Waals surface area contributed by atoms with E-state index in [0.29, 0.717) is 19.1 Å². The van der Waals surface area contributed by atoms with Crippen LogP contribution in [-0.2, 0) is 0 Å². The van der Waals surface area contributed by atoms with Gasteiger partial charge in [-0.25, -0.2) is 0 Å². The van der Waals surface area contributed by atoms with Gasteiger partial charge in [0.2, 0.25) is 0 Å². The lowest BCUT2D eigenvalue weighted by Crippen LogP contribution is -2.49. The summed E-state index contributed by atoms with van der Waals surface area (Å²) in [6, 6.07) is 14.2. The second-order valence-corrected chi connectivity index (χ2v) is 8.34. The molecule has 0 amide bonds. The van der Waals surface area contributed by atoms with E-state index < -0.39 is 6.10 Å². The molecule has 0 unspecified atom stereocenters. The fraction of sp³-hybridized carbons (Fsp3) is 0.478. The van der Waals surface area contributed by atoms with Gasteiger partial charge in [0.1, 0.15) is 18.5 Å². The molecule has 0 spiro atoms. The lowest BCUT2D eigenvalue weighted by Gasteiger charge is -2.36. The average Bonchev–Trinajstić information content (AvgIpc) is 2.67. The van der Waals surface area contributed by atoms with E-state index in [1.165, 1.54) is 11.1 Å². The minimum absolute atomic E-state index is 0.314. The molecular formula is C23H31ClN2O2. The first-order valence-electron chi connectivity index (χ1n) is 10.1. The van der Waals surface area contributed by atoms with Crippen LogP contribution in [0.5, 0.6) is 5.75 Å². The van der Waals surface area contributed by atoms with Crippen LogP contribution >= 0.6 is 11.6 Å². The van der Waals surface area contributed by atoms with Gasteiger partial charge in [-0.1, -0.05) is 37.6 Å². The first-order chi connectivity index (χ1) is 13.4. The highest BCUT2D eigenvalue weighted by Gasteiger charge is 2.20. The molecule has 1 fully saturated rings. The van der Waals surface area contributed by atoms with Crippen molar-refractivity contribution in [3.63, 3.8) is 0 Å². The number of aliphatic hydroxyl groups excluding tert-OH is 1. The number of hydrogen-bond acceptors (Lipinski definition) is 4. The van der Waals surface area contributed by atoms with E-state index >= 15 is 0 Å². The first kappa shape index (κ1) is 21.0. The van der Waals surface area contributed by atoms with Crippen LogP contribution in [0.1, 0.15) is 30.9 Å². The van der Waals surface area contributed by atoms with Crippen molar-refractivity contribution in [2.45, 2.75) is 32.8 Å². The molecule has 152 valence electrons. The van der Waals surface area contributed by atoms with Crippen LogP contribution in [-0.4, -0.2) is 55.4 Å². The van der Waals surface area contributed by atoms with Crippen LogP contribution in [0.3, 0.4) is 0 Å². The van der Waals surface area contributed by atoms with E-state index in [0.717, 1.165) is 42.6 Å². The molecule has 4 nitrogen and oxygen atoms in total. The summed E-state index contributed by atoms with van der Waals surface area (Å²) in [5, 5.41) is 11.2. The molecule has 1 atom stereocenters. The van der Waals surface area contributed by atoms with Crippen LogP contribution in [0.25, 0.3) is 0 Å². The Morgan fingerprint density at radius 3 is 2.46 bits per heavy atom. The van der Waals surface area contributed by atoms with Gasteiger partial charge in [0.15, 0.2) is 0 Å². The normalized spacial score (nSPS) is 16.4. The van der Waals surface area contributed by atoms with Crippen molar-refractivity contribution in [2.75, 3.05) is 44.2 Å². The third kappa shape index (κ3) is 5.63. The average molecular weight is 403 g/mol. The number of piperazine rings is 1. The van der Waals surface area contributed by atoms with Gasteiger partial charge >= 0.3 is 0 Å². The first-order valence-corrected chi connectivity index (χ1v) is 10.4. The summed E-state index contributed by atoms with van der Waals surface area (Å²) in [6.07, 6.45) is -0.497. The number of aryl methyl sites for hydroxylation is 1. The minimum Gasteiger partial charge on any atom is -0.491 e. The van der Waals surface area contributed by atoms with Crippen LogP contribution in [0, 0.1) is 6.92 Å². The molecule has 0 aromatic heterocycles. The monoisotopic (exact) mass is 402 g/mol. The molecule has 28 heavy (non-hydrogen) atoms. The summed E-state index contributed by atoms with van der Waals surface area (Å²) in [5.41, 5.74) is 3.74. The van der Waals surface area contributed by atoms with Crippen molar-refractivity contribution in [3.05, 3.63) is 58.6 Å². The number of hydrogen-bond donors (Lipinski definition) is 1. The predicted molar refractivity (Wildman–Crippen MR) is 117 cm³/mol. The second kappa shape index (κ2) is 9.64. The number of anilines is 1. The van der Waals surface area contributed by atoms with Crippen LogP contribution in [0.15, 0.2) is 42.5 Å². The second-order valence-electron chi connectivity index (χ2n) is 7.91. The Bertz CT molecular complexity index is 773. The van der Waals surface area contributed by atoms with Gasteiger partial charge in [-0.15, -0.1) is 0 Å². The highest BCUT2D eigenvalue weighted by atomic mass is 35.5. The Balaban J connectivity index is 1.43. The van der Waals surface area contributed by atoms with Crippen LogP contribution in [0.4, 0.5) is 5.69 Å². The SMILES string of the molecule is Cc1cc(OC[C@@H](O)CN2CCN(c3cccc(Cl)c3)CC2)ccc1C(C)C. The van der Waals surface area contributed by atoms with E-state index in [-0.39, 0.29) is 0 Å². The lowest BCUT2D eigenvalue weighted by atomic mass is 9.98. The van der Waals surface area contributed by atoms with Crippen molar-refractivity contribution >= 4 is 17.3 Å². The van der Waals surface area contributed by atoms with Crippen molar-refractivity contribution in [1.82, 2.24) is 4.90 Å². The van der Waals surface area contributed by atoms with E-state index in [1.807, 2.05) is 24.3 Å². The quantitative estimate of drug-likeness (QED) is 0.747. The Morgan fingerprint density at radius 1 is 1.07 bits per heavy atom. The molecule has 1 N–H and O–H groups in total. The highest BCUT2D eigenvalue weighted by Crippen LogP contribution is 2.24. The number of nitrogens with zero attached hydrogens (tertiary/aromatic N) is 2. The Hall–Kier alpha value is -1.75. The van der Waals surface area contributed by atoms with Gasteiger partial charge in [0.25, 0.3) is 0 Å². The largest absolute Gasteiger partial charge is 0.491 e. The zero-order valence-electron chi connectivity index (χ0n) is 17.1. The molecular weight excluding hydrogens is 372 g/mol. The smallest absolute Gasteiger partial charge is 0.119 e. The van der Waals surface area contributed by atoms with Gasteiger partial charge < -0.3 is 14.7 Å². The fourth-order valence-electron chi connectivity index (χ4n) is 3.79. The molecule has 2 aromatic carbocycles. The lowest BCUT2D eigenvalue weighted by molar-refractivity contribution is 0.0663. The number of aliphatic hydroxyl groups is 1. The van der Waals surface area contributed by atoms with Crippen molar-refractivity contribution in [2.24, 2.45) is 0 Å². The number of benzene rings is 2. The van der Waals surface area contributed by atoms with Gasteiger partial charge in [0, 0.05) is 43.4 Å². The van der Waals surface area contributed by atoms with Gasteiger partial charge in [-0.2, -0.15) is 0 Å². The zero-order chi connectivity index (χ0) is 20.1. The number of rotatable bonds is 7. The van der Waals surface area contributed by atoms with Crippen molar-refractivity contribution < 1.29 is 9.84 Å². The minimum atomic E-state index is -0.497. The zero-order valence-corrected chi connectivity index (χ0v) is 17.8. The summed E-state index contributed by atoms with van der Waals surface area (Å²) in [6.45, 7) is 11.2. The molecule has 0 saturated carbocycles. The van der Waals surface area contributed by atoms with Gasteiger partial charge in [-0.3, -0.25) is 4.90 Å². The molecule has 0 radical (unpaired) electrons. The van der Waals surface area contributed by atoms with E-state index in [1.54, 1.807) is 0 Å². The van der Waals surface area contributed by atoms with Gasteiger partial charge in [-0.05, 0) is 54.3 Å². The molecule has 2 aromatic rings. The Morgan fingerprint density at radius 2 is 1.82 bits per heavy atom. The van der Waals surface area contributed by atoms with E-state index in [4.69, 9.17) is 16.3 Å². The maximum atomic E-state index is 10.4. The summed E-state index contributed by atoms with van der Waals surface area (Å²) < 4.78 is 5.83. The predicted octanol–water partition coefficient (Wildman–Crippen LogP) is 4.33. The summed E-state index contributed by atoms with van der Waals surface area (Å²) in [5.74, 6) is 1.33. The number of ether oxygens (including phenoxy) is 1. The third-order valence-corrected chi connectivity index (χ3v) is 5.56. The fourth-order valence-corrected chi connectivity index (χ4v) is 3.97. The topological polar surface area (TPSA) is 35.9 Å². The Labute approximate surface area is 173 Å². The van der Waals surface area contributed by atoms with E-state index in [9.17, 15) is 5.11 Å². The van der Waals surface area contributed by atoms with Crippen LogP contribution in [0.2, 0.25) is 5.02 Å². The molecule has 1 heterocycles. The Kier molecular flexibility index (Phi) is 7.22.